The summed E-state index contributed by atoms with van der Waals surface area (Å²) in [6, 6.07) is 12.1. The maximum absolute atomic E-state index is 11.1. The molecule has 0 bridgehead atoms. The number of nitro groups is 1. The SMILES string of the molecule is Cc1cccc(Cl)c1NC(C)c1ccccc1[N+](=O)[O-]. The quantitative estimate of drug-likeness (QED) is 0.654. The molecule has 0 aliphatic heterocycles. The van der Waals surface area contributed by atoms with Crippen LogP contribution in [0.3, 0.4) is 0 Å². The number of anilines is 1. The third-order valence-electron chi connectivity index (χ3n) is 3.18. The van der Waals surface area contributed by atoms with Gasteiger partial charge in [0.1, 0.15) is 0 Å². The summed E-state index contributed by atoms with van der Waals surface area (Å²) >= 11 is 6.17. The second kappa shape index (κ2) is 5.92. The first-order valence-electron chi connectivity index (χ1n) is 6.25. The van der Waals surface area contributed by atoms with Crippen molar-refractivity contribution in [2.45, 2.75) is 19.9 Å². The van der Waals surface area contributed by atoms with Gasteiger partial charge in [0.2, 0.25) is 0 Å². The molecule has 0 aliphatic rings. The van der Waals surface area contributed by atoms with E-state index in [0.29, 0.717) is 10.6 Å². The van der Waals surface area contributed by atoms with Gasteiger partial charge >= 0.3 is 0 Å². The van der Waals surface area contributed by atoms with Crippen LogP contribution in [0.1, 0.15) is 24.1 Å². The van der Waals surface area contributed by atoms with Crippen LogP contribution in [0.2, 0.25) is 5.02 Å². The van der Waals surface area contributed by atoms with E-state index in [1.165, 1.54) is 6.07 Å². The van der Waals surface area contributed by atoms with E-state index in [4.69, 9.17) is 11.6 Å². The molecule has 4 nitrogen and oxygen atoms in total. The number of hydrogen-bond donors (Lipinski definition) is 1. The highest BCUT2D eigenvalue weighted by Gasteiger charge is 2.19. The summed E-state index contributed by atoms with van der Waals surface area (Å²) in [6.07, 6.45) is 0. The smallest absolute Gasteiger partial charge is 0.274 e. The molecule has 0 radical (unpaired) electrons. The summed E-state index contributed by atoms with van der Waals surface area (Å²) < 4.78 is 0. The monoisotopic (exact) mass is 290 g/mol. The minimum atomic E-state index is -0.368. The molecule has 0 aliphatic carbocycles. The third-order valence-corrected chi connectivity index (χ3v) is 3.50. The van der Waals surface area contributed by atoms with E-state index in [2.05, 4.69) is 5.32 Å². The molecule has 0 heterocycles. The number of halogens is 1. The van der Waals surface area contributed by atoms with Crippen LogP contribution in [0.15, 0.2) is 42.5 Å². The molecule has 1 atom stereocenters. The van der Waals surface area contributed by atoms with Gasteiger partial charge in [-0.25, -0.2) is 0 Å². The molecular weight excluding hydrogens is 276 g/mol. The second-order valence-corrected chi connectivity index (χ2v) is 5.02. The molecule has 0 fully saturated rings. The molecule has 0 aromatic heterocycles. The van der Waals surface area contributed by atoms with Crippen molar-refractivity contribution in [1.82, 2.24) is 0 Å². The Hall–Kier alpha value is -2.07. The van der Waals surface area contributed by atoms with Gasteiger partial charge in [0.25, 0.3) is 5.69 Å². The van der Waals surface area contributed by atoms with Gasteiger partial charge in [-0.3, -0.25) is 10.1 Å². The van der Waals surface area contributed by atoms with Crippen LogP contribution in [0.25, 0.3) is 0 Å². The van der Waals surface area contributed by atoms with E-state index in [0.717, 1.165) is 11.3 Å². The topological polar surface area (TPSA) is 55.2 Å². The summed E-state index contributed by atoms with van der Waals surface area (Å²) in [7, 11) is 0. The highest BCUT2D eigenvalue weighted by atomic mass is 35.5. The van der Waals surface area contributed by atoms with Gasteiger partial charge in [-0.15, -0.1) is 0 Å². The van der Waals surface area contributed by atoms with E-state index in [1.54, 1.807) is 24.3 Å². The van der Waals surface area contributed by atoms with Crippen molar-refractivity contribution < 1.29 is 4.92 Å². The van der Waals surface area contributed by atoms with E-state index < -0.39 is 0 Å². The predicted molar refractivity (Wildman–Crippen MR) is 81.3 cm³/mol. The summed E-state index contributed by atoms with van der Waals surface area (Å²) in [5.74, 6) is 0. The summed E-state index contributed by atoms with van der Waals surface area (Å²) in [5, 5.41) is 14.9. The van der Waals surface area contributed by atoms with Crippen LogP contribution in [0.4, 0.5) is 11.4 Å². The molecule has 0 amide bonds. The first-order valence-corrected chi connectivity index (χ1v) is 6.63. The van der Waals surface area contributed by atoms with Gasteiger partial charge in [0.15, 0.2) is 0 Å². The Kier molecular flexibility index (Phi) is 4.25. The molecule has 2 aromatic carbocycles. The van der Waals surface area contributed by atoms with Crippen molar-refractivity contribution in [2.75, 3.05) is 5.32 Å². The molecule has 2 rings (SSSR count). The van der Waals surface area contributed by atoms with Gasteiger partial charge in [0.05, 0.1) is 27.2 Å². The normalized spacial score (nSPS) is 11.9. The van der Waals surface area contributed by atoms with Crippen LogP contribution in [-0.2, 0) is 0 Å². The number of nitrogens with zero attached hydrogens (tertiary/aromatic N) is 1. The fourth-order valence-corrected chi connectivity index (χ4v) is 2.41. The number of benzene rings is 2. The zero-order valence-corrected chi connectivity index (χ0v) is 12.0. The fourth-order valence-electron chi connectivity index (χ4n) is 2.13. The number of hydrogen-bond acceptors (Lipinski definition) is 3. The number of nitro benzene ring substituents is 1. The van der Waals surface area contributed by atoms with Gasteiger partial charge in [-0.05, 0) is 25.5 Å². The van der Waals surface area contributed by atoms with Gasteiger partial charge in [0, 0.05) is 6.07 Å². The fraction of sp³-hybridized carbons (Fsp3) is 0.200. The van der Waals surface area contributed by atoms with E-state index in [1.807, 2.05) is 26.0 Å². The Bertz CT molecular complexity index is 623. The predicted octanol–water partition coefficient (Wildman–Crippen LogP) is 4.73. The van der Waals surface area contributed by atoms with Crippen molar-refractivity contribution in [2.24, 2.45) is 0 Å². The summed E-state index contributed by atoms with van der Waals surface area (Å²) in [6.45, 7) is 3.82. The van der Waals surface area contributed by atoms with Crippen molar-refractivity contribution in [3.63, 3.8) is 0 Å². The van der Waals surface area contributed by atoms with E-state index in [-0.39, 0.29) is 16.7 Å². The molecule has 20 heavy (non-hydrogen) atoms. The third kappa shape index (κ3) is 2.91. The lowest BCUT2D eigenvalue weighted by Gasteiger charge is -2.18. The lowest BCUT2D eigenvalue weighted by molar-refractivity contribution is -0.385. The number of nitrogens with one attached hydrogen (secondary N) is 1. The molecule has 104 valence electrons. The molecule has 0 saturated carbocycles. The minimum Gasteiger partial charge on any atom is -0.377 e. The first-order chi connectivity index (χ1) is 9.50. The highest BCUT2D eigenvalue weighted by Crippen LogP contribution is 2.32. The van der Waals surface area contributed by atoms with Crippen molar-refractivity contribution >= 4 is 23.0 Å². The Morgan fingerprint density at radius 2 is 1.90 bits per heavy atom. The van der Waals surface area contributed by atoms with Crippen LogP contribution in [0, 0.1) is 17.0 Å². The Morgan fingerprint density at radius 3 is 2.55 bits per heavy atom. The van der Waals surface area contributed by atoms with Crippen LogP contribution >= 0.6 is 11.6 Å². The molecule has 0 saturated heterocycles. The highest BCUT2D eigenvalue weighted by molar-refractivity contribution is 6.33. The van der Waals surface area contributed by atoms with Crippen molar-refractivity contribution in [1.29, 1.82) is 0 Å². The maximum atomic E-state index is 11.1. The largest absolute Gasteiger partial charge is 0.377 e. The van der Waals surface area contributed by atoms with Crippen LogP contribution < -0.4 is 5.32 Å². The molecule has 0 spiro atoms. The number of para-hydroxylation sites is 2. The summed E-state index contributed by atoms with van der Waals surface area (Å²) in [4.78, 5) is 10.7. The average Bonchev–Trinajstić information content (AvgIpc) is 2.43. The molecule has 1 N–H and O–H groups in total. The average molecular weight is 291 g/mol. The Labute approximate surface area is 122 Å². The van der Waals surface area contributed by atoms with Crippen LogP contribution in [-0.4, -0.2) is 4.92 Å². The number of aryl methyl sites for hydroxylation is 1. The maximum Gasteiger partial charge on any atom is 0.274 e. The molecule has 1 unspecified atom stereocenters. The lowest BCUT2D eigenvalue weighted by Crippen LogP contribution is -2.10. The van der Waals surface area contributed by atoms with E-state index >= 15 is 0 Å². The van der Waals surface area contributed by atoms with Gasteiger partial charge in [-0.2, -0.15) is 0 Å². The Balaban J connectivity index is 2.34. The van der Waals surface area contributed by atoms with Crippen molar-refractivity contribution in [3.05, 3.63) is 68.7 Å². The molecular formula is C15H15ClN2O2. The second-order valence-electron chi connectivity index (χ2n) is 4.61. The van der Waals surface area contributed by atoms with Gasteiger partial charge in [-0.1, -0.05) is 41.9 Å². The molecule has 2 aromatic rings. The zero-order valence-electron chi connectivity index (χ0n) is 11.3. The summed E-state index contributed by atoms with van der Waals surface area (Å²) in [5.41, 5.74) is 2.55. The molecule has 5 heteroatoms. The first kappa shape index (κ1) is 14.3. The van der Waals surface area contributed by atoms with Crippen molar-refractivity contribution in [3.8, 4) is 0 Å². The number of rotatable bonds is 4. The minimum absolute atomic E-state index is 0.109. The van der Waals surface area contributed by atoms with Crippen LogP contribution in [0.5, 0.6) is 0 Å². The standard InChI is InChI=1S/C15H15ClN2O2/c1-10-6-5-8-13(16)15(10)17-11(2)12-7-3-4-9-14(12)18(19)20/h3-9,11,17H,1-2H3. The Morgan fingerprint density at radius 1 is 1.20 bits per heavy atom. The zero-order chi connectivity index (χ0) is 14.7. The van der Waals surface area contributed by atoms with Gasteiger partial charge < -0.3 is 5.32 Å². The lowest BCUT2D eigenvalue weighted by atomic mass is 10.1. The van der Waals surface area contributed by atoms with E-state index in [9.17, 15) is 10.1 Å².